The highest BCUT2D eigenvalue weighted by atomic mass is 16.4. The third-order valence-electron chi connectivity index (χ3n) is 4.67. The molecule has 3 rings (SSSR count). The standard InChI is InChI=1S/C19H22N4O3/c1-11-8-16(22-19(25)26)15-9-13(4-6-17(15)23(11)12(2)24)14-5-7-18(20-3)21-10-14/h4-7,9-11,16,22H,8H2,1-3H3,(H,20,21)(H,25,26)/t11-,16+/m0/s1. The summed E-state index contributed by atoms with van der Waals surface area (Å²) >= 11 is 0. The van der Waals surface area contributed by atoms with Gasteiger partial charge in [-0.25, -0.2) is 9.78 Å². The van der Waals surface area contributed by atoms with Gasteiger partial charge in [-0.2, -0.15) is 0 Å². The van der Waals surface area contributed by atoms with Crippen LogP contribution in [0.4, 0.5) is 16.3 Å². The number of anilines is 2. The molecular formula is C19H22N4O3. The maximum Gasteiger partial charge on any atom is 0.405 e. The van der Waals surface area contributed by atoms with Crippen molar-refractivity contribution in [1.82, 2.24) is 10.3 Å². The van der Waals surface area contributed by atoms with E-state index in [0.717, 1.165) is 28.2 Å². The molecule has 0 bridgehead atoms. The monoisotopic (exact) mass is 354 g/mol. The molecule has 136 valence electrons. The molecule has 1 aliphatic rings. The smallest absolute Gasteiger partial charge is 0.405 e. The normalized spacial score (nSPS) is 18.8. The van der Waals surface area contributed by atoms with Crippen LogP contribution in [0, 0.1) is 0 Å². The van der Waals surface area contributed by atoms with Gasteiger partial charge in [0.25, 0.3) is 0 Å². The second kappa shape index (κ2) is 7.03. The minimum absolute atomic E-state index is 0.0553. The van der Waals surface area contributed by atoms with Crippen molar-refractivity contribution in [3.8, 4) is 11.1 Å². The zero-order valence-electron chi connectivity index (χ0n) is 15.0. The Hall–Kier alpha value is -3.09. The molecule has 1 aromatic carbocycles. The zero-order chi connectivity index (χ0) is 18.8. The highest BCUT2D eigenvalue weighted by Crippen LogP contribution is 2.39. The van der Waals surface area contributed by atoms with E-state index in [1.54, 1.807) is 18.1 Å². The first kappa shape index (κ1) is 17.7. The van der Waals surface area contributed by atoms with Gasteiger partial charge in [-0.1, -0.05) is 6.07 Å². The number of pyridine rings is 1. The lowest BCUT2D eigenvalue weighted by Gasteiger charge is -2.39. The van der Waals surface area contributed by atoms with Crippen LogP contribution in [0.1, 0.15) is 31.9 Å². The molecule has 0 saturated heterocycles. The molecule has 0 saturated carbocycles. The van der Waals surface area contributed by atoms with Crippen LogP contribution in [0.5, 0.6) is 0 Å². The average Bonchev–Trinajstić information content (AvgIpc) is 2.60. The summed E-state index contributed by atoms with van der Waals surface area (Å²) in [5.74, 6) is 0.717. The lowest BCUT2D eigenvalue weighted by Crippen LogP contribution is -2.45. The van der Waals surface area contributed by atoms with Crippen molar-refractivity contribution in [1.29, 1.82) is 0 Å². The van der Waals surface area contributed by atoms with E-state index in [9.17, 15) is 14.7 Å². The van der Waals surface area contributed by atoms with Crippen molar-refractivity contribution in [2.45, 2.75) is 32.4 Å². The number of hydrogen-bond donors (Lipinski definition) is 3. The zero-order valence-corrected chi connectivity index (χ0v) is 15.0. The molecule has 2 amide bonds. The van der Waals surface area contributed by atoms with E-state index in [2.05, 4.69) is 15.6 Å². The number of carboxylic acid groups (broad SMARTS) is 1. The van der Waals surface area contributed by atoms with Gasteiger partial charge in [0.05, 0.1) is 6.04 Å². The fourth-order valence-electron chi connectivity index (χ4n) is 3.52. The SMILES string of the molecule is CNc1ccc(-c2ccc3c(c2)[C@H](NC(=O)O)C[C@H](C)N3C(C)=O)cn1. The molecule has 1 aromatic heterocycles. The van der Waals surface area contributed by atoms with Gasteiger partial charge in [0.15, 0.2) is 0 Å². The largest absolute Gasteiger partial charge is 0.465 e. The van der Waals surface area contributed by atoms with Crippen molar-refractivity contribution >= 4 is 23.5 Å². The minimum Gasteiger partial charge on any atom is -0.465 e. The maximum atomic E-state index is 12.1. The van der Waals surface area contributed by atoms with Crippen LogP contribution in [0.15, 0.2) is 36.5 Å². The molecule has 2 heterocycles. The van der Waals surface area contributed by atoms with Gasteiger partial charge in [-0.15, -0.1) is 0 Å². The molecule has 26 heavy (non-hydrogen) atoms. The minimum atomic E-state index is -1.07. The number of rotatable bonds is 3. The van der Waals surface area contributed by atoms with Crippen molar-refractivity contribution in [3.05, 3.63) is 42.1 Å². The molecule has 0 aliphatic carbocycles. The van der Waals surface area contributed by atoms with Crippen molar-refractivity contribution in [2.24, 2.45) is 0 Å². The number of hydrogen-bond acceptors (Lipinski definition) is 4. The molecule has 0 spiro atoms. The highest BCUT2D eigenvalue weighted by molar-refractivity contribution is 5.94. The van der Waals surface area contributed by atoms with Crippen LogP contribution in [0.25, 0.3) is 11.1 Å². The summed E-state index contributed by atoms with van der Waals surface area (Å²) in [5.41, 5.74) is 3.40. The Morgan fingerprint density at radius 3 is 2.54 bits per heavy atom. The topological polar surface area (TPSA) is 94.6 Å². The number of carbonyl (C=O) groups is 2. The van der Waals surface area contributed by atoms with Crippen LogP contribution >= 0.6 is 0 Å². The Balaban J connectivity index is 2.07. The van der Waals surface area contributed by atoms with E-state index < -0.39 is 6.09 Å². The first-order chi connectivity index (χ1) is 12.4. The Morgan fingerprint density at radius 1 is 1.23 bits per heavy atom. The molecular weight excluding hydrogens is 332 g/mol. The van der Waals surface area contributed by atoms with Crippen molar-refractivity contribution in [2.75, 3.05) is 17.3 Å². The van der Waals surface area contributed by atoms with Gasteiger partial charge in [0, 0.05) is 37.5 Å². The third kappa shape index (κ3) is 3.33. The molecule has 0 unspecified atom stereocenters. The van der Waals surface area contributed by atoms with E-state index in [1.165, 1.54) is 6.92 Å². The predicted molar refractivity (Wildman–Crippen MR) is 100 cm³/mol. The molecule has 7 heteroatoms. The summed E-state index contributed by atoms with van der Waals surface area (Å²) < 4.78 is 0. The quantitative estimate of drug-likeness (QED) is 0.786. The van der Waals surface area contributed by atoms with Crippen LogP contribution < -0.4 is 15.5 Å². The van der Waals surface area contributed by atoms with E-state index in [0.29, 0.717) is 6.42 Å². The molecule has 1 aliphatic heterocycles. The summed E-state index contributed by atoms with van der Waals surface area (Å²) in [7, 11) is 1.81. The Kier molecular flexibility index (Phi) is 4.79. The van der Waals surface area contributed by atoms with E-state index >= 15 is 0 Å². The summed E-state index contributed by atoms with van der Waals surface area (Å²) in [6.07, 6.45) is 1.22. The number of amides is 2. The molecule has 2 aromatic rings. The lowest BCUT2D eigenvalue weighted by atomic mass is 9.89. The van der Waals surface area contributed by atoms with Crippen LogP contribution in [-0.4, -0.2) is 35.2 Å². The first-order valence-corrected chi connectivity index (χ1v) is 8.48. The van der Waals surface area contributed by atoms with Crippen molar-refractivity contribution in [3.63, 3.8) is 0 Å². The third-order valence-corrected chi connectivity index (χ3v) is 4.67. The number of nitrogens with zero attached hydrogens (tertiary/aromatic N) is 2. The number of aromatic nitrogens is 1. The van der Waals surface area contributed by atoms with E-state index in [4.69, 9.17) is 0 Å². The van der Waals surface area contributed by atoms with Gasteiger partial charge in [0.2, 0.25) is 5.91 Å². The number of fused-ring (bicyclic) bond motifs is 1. The molecule has 7 nitrogen and oxygen atoms in total. The maximum absolute atomic E-state index is 12.1. The Labute approximate surface area is 152 Å². The second-order valence-electron chi connectivity index (χ2n) is 6.43. The van der Waals surface area contributed by atoms with Crippen LogP contribution in [0.2, 0.25) is 0 Å². The van der Waals surface area contributed by atoms with Gasteiger partial charge in [-0.05, 0) is 48.7 Å². The van der Waals surface area contributed by atoms with Gasteiger partial charge < -0.3 is 20.6 Å². The number of carbonyl (C=O) groups excluding carboxylic acids is 1. The van der Waals surface area contributed by atoms with Gasteiger partial charge >= 0.3 is 6.09 Å². The van der Waals surface area contributed by atoms with Crippen LogP contribution in [-0.2, 0) is 4.79 Å². The molecule has 2 atom stereocenters. The number of nitrogens with one attached hydrogen (secondary N) is 2. The van der Waals surface area contributed by atoms with Gasteiger partial charge in [-0.3, -0.25) is 4.79 Å². The molecule has 0 fully saturated rings. The highest BCUT2D eigenvalue weighted by Gasteiger charge is 2.33. The fourth-order valence-corrected chi connectivity index (χ4v) is 3.52. The average molecular weight is 354 g/mol. The summed E-state index contributed by atoms with van der Waals surface area (Å²) in [6, 6.07) is 9.13. The number of benzene rings is 1. The lowest BCUT2D eigenvalue weighted by molar-refractivity contribution is -0.117. The molecule has 0 radical (unpaired) electrons. The first-order valence-electron chi connectivity index (χ1n) is 8.48. The van der Waals surface area contributed by atoms with E-state index in [1.807, 2.05) is 37.3 Å². The van der Waals surface area contributed by atoms with Crippen molar-refractivity contribution < 1.29 is 14.7 Å². The Bertz CT molecular complexity index is 835. The summed E-state index contributed by atoms with van der Waals surface area (Å²) in [5, 5.41) is 14.7. The van der Waals surface area contributed by atoms with Crippen LogP contribution in [0.3, 0.4) is 0 Å². The summed E-state index contributed by atoms with van der Waals surface area (Å²) in [4.78, 5) is 29.4. The predicted octanol–water partition coefficient (Wildman–Crippen LogP) is 3.24. The summed E-state index contributed by atoms with van der Waals surface area (Å²) in [6.45, 7) is 3.45. The molecule has 3 N–H and O–H groups in total. The van der Waals surface area contributed by atoms with E-state index in [-0.39, 0.29) is 18.0 Å². The Morgan fingerprint density at radius 2 is 1.96 bits per heavy atom. The van der Waals surface area contributed by atoms with Gasteiger partial charge in [0.1, 0.15) is 5.82 Å². The second-order valence-corrected chi connectivity index (χ2v) is 6.43. The fraction of sp³-hybridized carbons (Fsp3) is 0.316.